The fourth-order valence-corrected chi connectivity index (χ4v) is 4.54. The molecule has 2 atom stereocenters. The van der Waals surface area contributed by atoms with Gasteiger partial charge in [0.05, 0.1) is 0 Å². The Morgan fingerprint density at radius 2 is 2.00 bits per heavy atom. The van der Waals surface area contributed by atoms with Gasteiger partial charge in [-0.05, 0) is 45.1 Å². The van der Waals surface area contributed by atoms with Crippen molar-refractivity contribution in [2.75, 3.05) is 19.6 Å². The van der Waals surface area contributed by atoms with Crippen LogP contribution in [-0.2, 0) is 10.2 Å². The maximum atomic E-state index is 12.5. The van der Waals surface area contributed by atoms with Crippen molar-refractivity contribution >= 4 is 10.2 Å². The van der Waals surface area contributed by atoms with Crippen molar-refractivity contribution in [2.24, 2.45) is 5.92 Å². The lowest BCUT2D eigenvalue weighted by molar-refractivity contribution is 0.242. The molecule has 19 heavy (non-hydrogen) atoms. The van der Waals surface area contributed by atoms with Gasteiger partial charge in [0, 0.05) is 25.2 Å². The number of rotatable bonds is 7. The third-order valence-corrected chi connectivity index (χ3v) is 5.94. The quantitative estimate of drug-likeness (QED) is 0.737. The normalized spacial score (nSPS) is 27.4. The zero-order valence-corrected chi connectivity index (χ0v) is 12.9. The second-order valence-electron chi connectivity index (χ2n) is 5.82. The average molecular weight is 289 g/mol. The summed E-state index contributed by atoms with van der Waals surface area (Å²) in [5, 5.41) is 3.27. The molecule has 1 heterocycles. The molecule has 2 fully saturated rings. The number of hydrogen-bond acceptors (Lipinski definition) is 3. The lowest BCUT2D eigenvalue weighted by Crippen LogP contribution is -2.54. The van der Waals surface area contributed by atoms with Crippen molar-refractivity contribution in [3.05, 3.63) is 0 Å². The second kappa shape index (κ2) is 6.52. The summed E-state index contributed by atoms with van der Waals surface area (Å²) in [6.45, 7) is 6.34. The molecule has 2 N–H and O–H groups in total. The van der Waals surface area contributed by atoms with Gasteiger partial charge < -0.3 is 5.32 Å². The van der Waals surface area contributed by atoms with Crippen LogP contribution in [0.25, 0.3) is 0 Å². The van der Waals surface area contributed by atoms with Crippen LogP contribution in [0.2, 0.25) is 0 Å². The van der Waals surface area contributed by atoms with Crippen LogP contribution in [0.3, 0.4) is 0 Å². The Bertz CT molecular complexity index is 381. The molecule has 0 aromatic heterocycles. The average Bonchev–Trinajstić information content (AvgIpc) is 3.20. The fraction of sp³-hybridized carbons (Fsp3) is 1.00. The monoisotopic (exact) mass is 289 g/mol. The van der Waals surface area contributed by atoms with Gasteiger partial charge in [0.15, 0.2) is 0 Å². The van der Waals surface area contributed by atoms with Crippen LogP contribution in [0, 0.1) is 5.92 Å². The molecule has 2 unspecified atom stereocenters. The van der Waals surface area contributed by atoms with E-state index in [1.54, 1.807) is 4.31 Å². The van der Waals surface area contributed by atoms with Crippen LogP contribution in [0.1, 0.15) is 46.0 Å². The summed E-state index contributed by atoms with van der Waals surface area (Å²) in [5.74, 6) is 0.548. The van der Waals surface area contributed by atoms with Crippen LogP contribution in [-0.4, -0.2) is 44.4 Å². The molecular weight excluding hydrogens is 262 g/mol. The highest BCUT2D eigenvalue weighted by molar-refractivity contribution is 7.87. The summed E-state index contributed by atoms with van der Waals surface area (Å²) in [4.78, 5) is 0. The Morgan fingerprint density at radius 3 is 2.63 bits per heavy atom. The van der Waals surface area contributed by atoms with Gasteiger partial charge in [-0.2, -0.15) is 17.4 Å². The third kappa shape index (κ3) is 4.15. The van der Waals surface area contributed by atoms with E-state index in [-0.39, 0.29) is 12.1 Å². The molecule has 112 valence electrons. The maximum Gasteiger partial charge on any atom is 0.279 e. The summed E-state index contributed by atoms with van der Waals surface area (Å²) in [5.41, 5.74) is 0. The Balaban J connectivity index is 1.98. The van der Waals surface area contributed by atoms with Crippen molar-refractivity contribution in [1.29, 1.82) is 0 Å². The van der Waals surface area contributed by atoms with Gasteiger partial charge in [0.25, 0.3) is 10.2 Å². The molecule has 0 aromatic rings. The largest absolute Gasteiger partial charge is 0.315 e. The molecule has 0 bridgehead atoms. The predicted octanol–water partition coefficient (Wildman–Crippen LogP) is 1.08. The highest BCUT2D eigenvalue weighted by atomic mass is 32.2. The van der Waals surface area contributed by atoms with Crippen LogP contribution in [0.4, 0.5) is 0 Å². The van der Waals surface area contributed by atoms with Gasteiger partial charge in [-0.3, -0.25) is 0 Å². The van der Waals surface area contributed by atoms with E-state index < -0.39 is 10.2 Å². The van der Waals surface area contributed by atoms with Gasteiger partial charge in [-0.1, -0.05) is 13.3 Å². The number of nitrogens with one attached hydrogen (secondary N) is 2. The number of piperidine rings is 1. The van der Waals surface area contributed by atoms with Crippen molar-refractivity contribution in [3.63, 3.8) is 0 Å². The first kappa shape index (κ1) is 15.2. The number of hydrogen-bond donors (Lipinski definition) is 2. The van der Waals surface area contributed by atoms with E-state index in [2.05, 4.69) is 17.0 Å². The van der Waals surface area contributed by atoms with E-state index in [1.165, 1.54) is 0 Å². The molecular formula is C13H27N3O2S. The van der Waals surface area contributed by atoms with E-state index in [1.807, 2.05) is 6.92 Å². The Hall–Kier alpha value is -0.170. The molecule has 2 rings (SSSR count). The molecule has 2 aliphatic rings. The number of nitrogens with zero attached hydrogens (tertiary/aromatic N) is 1. The molecule has 0 aromatic carbocycles. The molecule has 0 spiro atoms. The lowest BCUT2D eigenvalue weighted by Gasteiger charge is -2.35. The Morgan fingerprint density at radius 1 is 1.26 bits per heavy atom. The summed E-state index contributed by atoms with van der Waals surface area (Å²) < 4.78 is 29.5. The molecule has 1 saturated carbocycles. The van der Waals surface area contributed by atoms with Crippen LogP contribution < -0.4 is 10.0 Å². The Kier molecular flexibility index (Phi) is 5.22. The molecule has 1 aliphatic carbocycles. The van der Waals surface area contributed by atoms with E-state index in [4.69, 9.17) is 0 Å². The molecule has 0 radical (unpaired) electrons. The van der Waals surface area contributed by atoms with Crippen LogP contribution in [0.5, 0.6) is 0 Å². The van der Waals surface area contributed by atoms with Gasteiger partial charge in [-0.25, -0.2) is 0 Å². The molecule has 5 nitrogen and oxygen atoms in total. The van der Waals surface area contributed by atoms with Gasteiger partial charge in [0.1, 0.15) is 0 Å². The predicted molar refractivity (Wildman–Crippen MR) is 77.1 cm³/mol. The van der Waals surface area contributed by atoms with Gasteiger partial charge >= 0.3 is 0 Å². The Labute approximate surface area is 117 Å². The fourth-order valence-electron chi connectivity index (χ4n) is 2.80. The standard InChI is InChI=1S/C13H27N3O2S/c1-3-14-10-13-6-4-5-9-16(13)19(17,18)15-11(2)12-7-8-12/h11-15H,3-10H2,1-2H3. The smallest absolute Gasteiger partial charge is 0.279 e. The van der Waals surface area contributed by atoms with E-state index >= 15 is 0 Å². The van der Waals surface area contributed by atoms with Gasteiger partial charge in [0.2, 0.25) is 0 Å². The van der Waals surface area contributed by atoms with Crippen molar-refractivity contribution < 1.29 is 8.42 Å². The summed E-state index contributed by atoms with van der Waals surface area (Å²) in [7, 11) is -3.32. The van der Waals surface area contributed by atoms with E-state index in [9.17, 15) is 8.42 Å². The van der Waals surface area contributed by atoms with Crippen molar-refractivity contribution in [3.8, 4) is 0 Å². The lowest BCUT2D eigenvalue weighted by atomic mass is 10.1. The number of likely N-dealkylation sites (N-methyl/N-ethyl adjacent to an activating group) is 1. The van der Waals surface area contributed by atoms with Crippen LogP contribution >= 0.6 is 0 Å². The molecule has 1 aliphatic heterocycles. The summed E-state index contributed by atoms with van der Waals surface area (Å²) in [6, 6.07) is 0.185. The minimum Gasteiger partial charge on any atom is -0.315 e. The minimum absolute atomic E-state index is 0.0757. The first-order chi connectivity index (χ1) is 9.04. The minimum atomic E-state index is -3.32. The second-order valence-corrected chi connectivity index (χ2v) is 7.47. The summed E-state index contributed by atoms with van der Waals surface area (Å²) in [6.07, 6.45) is 5.38. The molecule has 6 heteroatoms. The highest BCUT2D eigenvalue weighted by Gasteiger charge is 2.36. The highest BCUT2D eigenvalue weighted by Crippen LogP contribution is 2.33. The van der Waals surface area contributed by atoms with E-state index in [0.717, 1.165) is 45.2 Å². The third-order valence-electron chi connectivity index (χ3n) is 4.18. The van der Waals surface area contributed by atoms with Crippen LogP contribution in [0.15, 0.2) is 0 Å². The van der Waals surface area contributed by atoms with Gasteiger partial charge in [-0.15, -0.1) is 0 Å². The van der Waals surface area contributed by atoms with Crippen molar-refractivity contribution in [1.82, 2.24) is 14.3 Å². The first-order valence-electron chi connectivity index (χ1n) is 7.54. The first-order valence-corrected chi connectivity index (χ1v) is 8.98. The van der Waals surface area contributed by atoms with Crippen molar-refractivity contribution in [2.45, 2.75) is 58.0 Å². The molecule has 0 amide bonds. The van der Waals surface area contributed by atoms with E-state index in [0.29, 0.717) is 12.5 Å². The SMILES string of the molecule is CCNCC1CCCCN1S(=O)(=O)NC(C)C1CC1. The summed E-state index contributed by atoms with van der Waals surface area (Å²) >= 11 is 0. The molecule has 1 saturated heterocycles. The topological polar surface area (TPSA) is 61.4 Å². The zero-order valence-electron chi connectivity index (χ0n) is 12.1. The zero-order chi connectivity index (χ0) is 13.9. The maximum absolute atomic E-state index is 12.5.